The number of halogens is 1. The Hall–Kier alpha value is -1.57. The van der Waals surface area contributed by atoms with Gasteiger partial charge in [0, 0.05) is 41.2 Å². The van der Waals surface area contributed by atoms with E-state index in [1.54, 1.807) is 11.3 Å². The van der Waals surface area contributed by atoms with Gasteiger partial charge in [0.2, 0.25) is 0 Å². The van der Waals surface area contributed by atoms with E-state index in [1.807, 2.05) is 0 Å². The lowest BCUT2D eigenvalue weighted by Gasteiger charge is -2.27. The second kappa shape index (κ2) is 9.96. The lowest BCUT2D eigenvalue weighted by Crippen LogP contribution is -2.43. The lowest BCUT2D eigenvalue weighted by atomic mass is 10.1. The minimum Gasteiger partial charge on any atom is -0.371 e. The number of carbonyl (C=O) groups excluding carboxylic acids is 1. The van der Waals surface area contributed by atoms with E-state index in [9.17, 15) is 4.79 Å². The number of hydrogen-bond donors (Lipinski definition) is 2. The van der Waals surface area contributed by atoms with Crippen LogP contribution in [0, 0.1) is 5.92 Å². The first kappa shape index (κ1) is 20.7. The SMILES string of the molecule is O=C(NCC1CCN(c2cccc(Br)c2)C1)NCC(c1cccs1)N1CCCC1. The maximum Gasteiger partial charge on any atom is 0.314 e. The van der Waals surface area contributed by atoms with Crippen LogP contribution in [0.3, 0.4) is 0 Å². The van der Waals surface area contributed by atoms with Crippen molar-refractivity contribution in [3.05, 3.63) is 51.1 Å². The Kier molecular flexibility index (Phi) is 7.11. The number of amides is 2. The molecule has 0 aliphatic carbocycles. The van der Waals surface area contributed by atoms with Crippen LogP contribution in [0.5, 0.6) is 0 Å². The largest absolute Gasteiger partial charge is 0.371 e. The van der Waals surface area contributed by atoms with Crippen LogP contribution in [-0.2, 0) is 0 Å². The van der Waals surface area contributed by atoms with Crippen LogP contribution in [0.2, 0.25) is 0 Å². The molecule has 2 unspecified atom stereocenters. The van der Waals surface area contributed by atoms with E-state index in [-0.39, 0.29) is 6.03 Å². The zero-order valence-electron chi connectivity index (χ0n) is 16.6. The number of likely N-dealkylation sites (tertiary alicyclic amines) is 1. The van der Waals surface area contributed by atoms with Gasteiger partial charge in [0.1, 0.15) is 0 Å². The summed E-state index contributed by atoms with van der Waals surface area (Å²) in [7, 11) is 0. The number of carbonyl (C=O) groups is 1. The summed E-state index contributed by atoms with van der Waals surface area (Å²) < 4.78 is 1.11. The third-order valence-electron chi connectivity index (χ3n) is 5.92. The van der Waals surface area contributed by atoms with E-state index >= 15 is 0 Å². The van der Waals surface area contributed by atoms with Gasteiger partial charge in [-0.3, -0.25) is 4.90 Å². The molecule has 0 radical (unpaired) electrons. The van der Waals surface area contributed by atoms with Gasteiger partial charge >= 0.3 is 6.03 Å². The topological polar surface area (TPSA) is 47.6 Å². The van der Waals surface area contributed by atoms with Gasteiger partial charge in [-0.25, -0.2) is 4.79 Å². The predicted octanol–water partition coefficient (Wildman–Crippen LogP) is 4.47. The van der Waals surface area contributed by atoms with Crippen molar-refractivity contribution >= 4 is 39.0 Å². The fourth-order valence-electron chi connectivity index (χ4n) is 4.34. The van der Waals surface area contributed by atoms with Crippen molar-refractivity contribution in [2.24, 2.45) is 5.92 Å². The van der Waals surface area contributed by atoms with Crippen LogP contribution >= 0.6 is 27.3 Å². The van der Waals surface area contributed by atoms with E-state index in [4.69, 9.17) is 0 Å². The van der Waals surface area contributed by atoms with Crippen molar-refractivity contribution in [3.63, 3.8) is 0 Å². The number of rotatable bonds is 7. The van der Waals surface area contributed by atoms with E-state index in [1.165, 1.54) is 23.4 Å². The summed E-state index contributed by atoms with van der Waals surface area (Å²) in [6.45, 7) is 5.67. The predicted molar refractivity (Wildman–Crippen MR) is 124 cm³/mol. The van der Waals surface area contributed by atoms with E-state index in [0.717, 1.165) is 43.6 Å². The van der Waals surface area contributed by atoms with Crippen LogP contribution in [0.1, 0.15) is 30.2 Å². The molecule has 1 aromatic carbocycles. The molecule has 4 rings (SSSR count). The minimum atomic E-state index is -0.0494. The van der Waals surface area contributed by atoms with Crippen molar-refractivity contribution in [3.8, 4) is 0 Å². The third kappa shape index (κ3) is 5.53. The third-order valence-corrected chi connectivity index (χ3v) is 7.39. The molecule has 7 heteroatoms. The molecule has 2 amide bonds. The van der Waals surface area contributed by atoms with Gasteiger partial charge in [0.25, 0.3) is 0 Å². The van der Waals surface area contributed by atoms with Gasteiger partial charge in [-0.05, 0) is 67.9 Å². The zero-order chi connectivity index (χ0) is 20.1. The summed E-state index contributed by atoms with van der Waals surface area (Å²) in [4.78, 5) is 18.7. The number of benzene rings is 1. The van der Waals surface area contributed by atoms with E-state index < -0.39 is 0 Å². The maximum atomic E-state index is 12.4. The number of nitrogens with zero attached hydrogens (tertiary/aromatic N) is 2. The number of anilines is 1. The highest BCUT2D eigenvalue weighted by atomic mass is 79.9. The van der Waals surface area contributed by atoms with Crippen molar-refractivity contribution in [1.29, 1.82) is 0 Å². The quantitative estimate of drug-likeness (QED) is 0.619. The van der Waals surface area contributed by atoms with Gasteiger partial charge in [0.15, 0.2) is 0 Å². The Morgan fingerprint density at radius 3 is 2.79 bits per heavy atom. The highest BCUT2D eigenvalue weighted by Gasteiger charge is 2.26. The van der Waals surface area contributed by atoms with Crippen LogP contribution in [0.25, 0.3) is 0 Å². The van der Waals surface area contributed by atoms with Gasteiger partial charge in [-0.2, -0.15) is 0 Å². The normalized spacial score (nSPS) is 20.7. The van der Waals surface area contributed by atoms with E-state index in [0.29, 0.717) is 18.5 Å². The lowest BCUT2D eigenvalue weighted by molar-refractivity contribution is 0.221. The summed E-state index contributed by atoms with van der Waals surface area (Å²) in [5.41, 5.74) is 1.25. The van der Waals surface area contributed by atoms with Crippen molar-refractivity contribution in [1.82, 2.24) is 15.5 Å². The van der Waals surface area contributed by atoms with Crippen molar-refractivity contribution in [2.75, 3.05) is 44.2 Å². The van der Waals surface area contributed by atoms with Gasteiger partial charge in [0.05, 0.1) is 6.04 Å². The van der Waals surface area contributed by atoms with Gasteiger partial charge in [-0.1, -0.05) is 28.1 Å². The Bertz CT molecular complexity index is 794. The number of urea groups is 1. The molecule has 2 fully saturated rings. The molecule has 2 aliphatic rings. The molecular weight excluding hydrogens is 448 g/mol. The molecule has 2 aliphatic heterocycles. The number of thiophene rings is 1. The van der Waals surface area contributed by atoms with Crippen molar-refractivity contribution in [2.45, 2.75) is 25.3 Å². The van der Waals surface area contributed by atoms with Crippen LogP contribution in [0.4, 0.5) is 10.5 Å². The molecule has 2 N–H and O–H groups in total. The Labute approximate surface area is 185 Å². The maximum absolute atomic E-state index is 12.4. The van der Waals surface area contributed by atoms with Gasteiger partial charge < -0.3 is 15.5 Å². The Morgan fingerprint density at radius 1 is 1.17 bits per heavy atom. The number of hydrogen-bond acceptors (Lipinski definition) is 4. The summed E-state index contributed by atoms with van der Waals surface area (Å²) in [6.07, 6.45) is 3.62. The zero-order valence-corrected chi connectivity index (χ0v) is 19.1. The molecule has 2 aromatic rings. The fraction of sp³-hybridized carbons (Fsp3) is 0.500. The minimum absolute atomic E-state index is 0.0494. The first-order valence-corrected chi connectivity index (χ1v) is 12.2. The second-order valence-electron chi connectivity index (χ2n) is 7.95. The fourth-order valence-corrected chi connectivity index (χ4v) is 5.59. The molecule has 0 bridgehead atoms. The molecule has 29 heavy (non-hydrogen) atoms. The molecular formula is C22H29BrN4OS. The summed E-state index contributed by atoms with van der Waals surface area (Å²) in [5, 5.41) is 8.34. The summed E-state index contributed by atoms with van der Waals surface area (Å²) in [6, 6.07) is 13.0. The smallest absolute Gasteiger partial charge is 0.314 e. The molecule has 5 nitrogen and oxygen atoms in total. The van der Waals surface area contributed by atoms with Crippen LogP contribution < -0.4 is 15.5 Å². The molecule has 0 spiro atoms. The molecule has 3 heterocycles. The highest BCUT2D eigenvalue weighted by molar-refractivity contribution is 9.10. The molecule has 156 valence electrons. The monoisotopic (exact) mass is 476 g/mol. The van der Waals surface area contributed by atoms with E-state index in [2.05, 4.69) is 78.1 Å². The standard InChI is InChI=1S/C22H29BrN4OS/c23-18-5-3-6-19(13-18)27-11-8-17(16-27)14-24-22(28)25-15-20(21-7-4-12-29-21)26-9-1-2-10-26/h3-7,12-13,17,20H,1-2,8-11,14-16H2,(H2,24,25,28). The first-order valence-electron chi connectivity index (χ1n) is 10.5. The summed E-state index contributed by atoms with van der Waals surface area (Å²) in [5.74, 6) is 0.492. The molecule has 0 saturated carbocycles. The molecule has 2 atom stereocenters. The highest BCUT2D eigenvalue weighted by Crippen LogP contribution is 2.28. The van der Waals surface area contributed by atoms with Crippen LogP contribution in [-0.4, -0.2) is 50.2 Å². The number of nitrogens with one attached hydrogen (secondary N) is 2. The Morgan fingerprint density at radius 2 is 2.03 bits per heavy atom. The molecule has 1 aromatic heterocycles. The first-order chi connectivity index (χ1) is 14.2. The second-order valence-corrected chi connectivity index (χ2v) is 9.84. The summed E-state index contributed by atoms with van der Waals surface area (Å²) >= 11 is 5.33. The average molecular weight is 477 g/mol. The van der Waals surface area contributed by atoms with Crippen LogP contribution in [0.15, 0.2) is 46.3 Å². The Balaban J connectivity index is 1.23. The molecule has 2 saturated heterocycles. The van der Waals surface area contributed by atoms with Crippen molar-refractivity contribution < 1.29 is 4.79 Å². The van der Waals surface area contributed by atoms with Gasteiger partial charge in [-0.15, -0.1) is 11.3 Å². The average Bonchev–Trinajstić information content (AvgIpc) is 3.49.